The van der Waals surface area contributed by atoms with Crippen LogP contribution < -0.4 is 0 Å². The zero-order valence-electron chi connectivity index (χ0n) is 18.9. The van der Waals surface area contributed by atoms with Gasteiger partial charge in [0.05, 0.1) is 25.6 Å². The third-order valence-electron chi connectivity index (χ3n) is 5.24. The highest BCUT2D eigenvalue weighted by atomic mass is 35.5. The number of carboxylic acid groups (broad SMARTS) is 1. The number of aromatic nitrogens is 5. The fourth-order valence-electron chi connectivity index (χ4n) is 3.78. The lowest BCUT2D eigenvalue weighted by molar-refractivity contribution is 0.0688. The summed E-state index contributed by atoms with van der Waals surface area (Å²) < 4.78 is 4.21. The van der Waals surface area contributed by atoms with Gasteiger partial charge in [-0.15, -0.1) is 11.8 Å². The molecule has 0 spiro atoms. The Morgan fingerprint density at radius 2 is 1.91 bits per heavy atom. The van der Waals surface area contributed by atoms with Crippen LogP contribution in [-0.4, -0.2) is 40.5 Å². The van der Waals surface area contributed by atoms with Crippen LogP contribution in [0.1, 0.15) is 30.0 Å². The number of rotatable bonds is 6. The predicted octanol–water partition coefficient (Wildman–Crippen LogP) is 7.12. The number of nitrogens with zero attached hydrogens (tertiary/aromatic N) is 5. The minimum absolute atomic E-state index is 0.0532. The molecule has 0 aliphatic rings. The van der Waals surface area contributed by atoms with E-state index < -0.39 is 5.97 Å². The number of carbonyl (C=O) groups is 1. The molecule has 0 atom stereocenters. The van der Waals surface area contributed by atoms with Crippen molar-refractivity contribution in [3.8, 4) is 27.5 Å². The molecule has 1 N–H and O–H groups in total. The van der Waals surface area contributed by atoms with Gasteiger partial charge in [0.15, 0.2) is 5.69 Å². The highest BCUT2D eigenvalue weighted by Gasteiger charge is 2.27. The maximum Gasteiger partial charge on any atom is 0.355 e. The summed E-state index contributed by atoms with van der Waals surface area (Å²) in [5, 5.41) is 16.5. The fourth-order valence-corrected chi connectivity index (χ4v) is 6.56. The lowest BCUT2D eigenvalue weighted by atomic mass is 10.1. The van der Waals surface area contributed by atoms with Gasteiger partial charge in [0.2, 0.25) is 5.13 Å². The summed E-state index contributed by atoms with van der Waals surface area (Å²) in [5.74, 6) is -1.09. The Kier molecular flexibility index (Phi) is 6.35. The smallest absolute Gasteiger partial charge is 0.355 e. The first-order valence-electron chi connectivity index (χ1n) is 10.6. The first-order valence-corrected chi connectivity index (χ1v) is 13.1. The molecule has 178 valence electrons. The minimum atomic E-state index is -1.09. The number of fused-ring (bicyclic) bond motifs is 1. The number of thioether (sulfide) groups is 1. The monoisotopic (exact) mass is 543 g/mol. The zero-order valence-corrected chi connectivity index (χ0v) is 22.0. The summed E-state index contributed by atoms with van der Waals surface area (Å²) in [5.41, 5.74) is 4.21. The summed E-state index contributed by atoms with van der Waals surface area (Å²) in [6.07, 6.45) is 5.37. The Morgan fingerprint density at radius 3 is 2.63 bits per heavy atom. The Morgan fingerprint density at radius 1 is 1.14 bits per heavy atom. The van der Waals surface area contributed by atoms with E-state index >= 15 is 0 Å². The second-order valence-corrected chi connectivity index (χ2v) is 11.7. The van der Waals surface area contributed by atoms with Gasteiger partial charge in [-0.2, -0.15) is 9.78 Å². The van der Waals surface area contributed by atoms with Crippen LogP contribution in [0, 0.1) is 6.92 Å². The largest absolute Gasteiger partial charge is 0.476 e. The van der Waals surface area contributed by atoms with Crippen molar-refractivity contribution in [2.24, 2.45) is 0 Å². The summed E-state index contributed by atoms with van der Waals surface area (Å²) in [4.78, 5) is 21.6. The van der Waals surface area contributed by atoms with Crippen molar-refractivity contribution in [2.45, 2.75) is 30.2 Å². The molecule has 0 fully saturated rings. The van der Waals surface area contributed by atoms with Gasteiger partial charge in [-0.3, -0.25) is 0 Å². The third kappa shape index (κ3) is 4.45. The van der Waals surface area contributed by atoms with Gasteiger partial charge in [0, 0.05) is 40.5 Å². The molecule has 0 bridgehead atoms. The molecule has 5 aromatic rings. The average molecular weight is 544 g/mol. The molecule has 0 radical (unpaired) electrons. The Balaban J connectivity index is 1.69. The highest BCUT2D eigenvalue weighted by Crippen LogP contribution is 2.42. The molecule has 5 rings (SSSR count). The van der Waals surface area contributed by atoms with Crippen LogP contribution in [0.4, 0.5) is 0 Å². The lowest BCUT2D eigenvalue weighted by Gasteiger charge is -2.05. The number of carboxylic acids is 1. The summed E-state index contributed by atoms with van der Waals surface area (Å²) in [7, 11) is 0. The van der Waals surface area contributed by atoms with E-state index in [1.165, 1.54) is 16.0 Å². The van der Waals surface area contributed by atoms with Gasteiger partial charge in [-0.25, -0.2) is 14.8 Å². The first-order chi connectivity index (χ1) is 16.7. The van der Waals surface area contributed by atoms with E-state index in [4.69, 9.17) is 28.2 Å². The lowest BCUT2D eigenvalue weighted by Crippen LogP contribution is -2.09. The molecule has 0 aliphatic heterocycles. The summed E-state index contributed by atoms with van der Waals surface area (Å²) in [6, 6.07) is 9.06. The molecule has 0 saturated carbocycles. The van der Waals surface area contributed by atoms with Crippen molar-refractivity contribution in [3.63, 3.8) is 0 Å². The number of hydrogen-bond acceptors (Lipinski definition) is 6. The molecule has 4 heterocycles. The van der Waals surface area contributed by atoms with Crippen LogP contribution in [0.25, 0.3) is 33.2 Å². The molecule has 0 aliphatic carbocycles. The molecule has 0 amide bonds. The van der Waals surface area contributed by atoms with Crippen LogP contribution in [0.2, 0.25) is 10.0 Å². The maximum absolute atomic E-state index is 12.5. The van der Waals surface area contributed by atoms with Gasteiger partial charge >= 0.3 is 5.97 Å². The maximum atomic E-state index is 12.5. The third-order valence-corrected chi connectivity index (χ3v) is 8.22. The van der Waals surface area contributed by atoms with Crippen molar-refractivity contribution in [1.29, 1.82) is 0 Å². The molecular weight excluding hydrogens is 525 g/mol. The van der Waals surface area contributed by atoms with Gasteiger partial charge in [-0.05, 0) is 31.2 Å². The number of imidazole rings is 1. The number of halogens is 2. The van der Waals surface area contributed by atoms with E-state index in [1.54, 1.807) is 37.0 Å². The Bertz CT molecular complexity index is 1590. The Hall–Kier alpha value is -2.85. The second-order valence-electron chi connectivity index (χ2n) is 8.06. The number of thiazole rings is 1. The van der Waals surface area contributed by atoms with Crippen molar-refractivity contribution in [1.82, 2.24) is 24.1 Å². The van der Waals surface area contributed by atoms with Crippen molar-refractivity contribution in [2.75, 3.05) is 0 Å². The molecule has 1 aromatic carbocycles. The highest BCUT2D eigenvalue weighted by molar-refractivity contribution is 8.01. The van der Waals surface area contributed by atoms with Gasteiger partial charge in [0.25, 0.3) is 0 Å². The SMILES string of the molecule is Cc1nn(-c2nc(-c3ccc(Cl)c(Cl)c3)c(SC(C)C)s2)c(C(=O)O)c1-c1ccc2nccn2c1. The number of aryl methyl sites for hydroxylation is 1. The molecule has 4 aromatic heterocycles. The van der Waals surface area contributed by atoms with Crippen LogP contribution in [0.15, 0.2) is 53.1 Å². The molecule has 0 saturated heterocycles. The summed E-state index contributed by atoms with van der Waals surface area (Å²) in [6.45, 7) is 5.98. The summed E-state index contributed by atoms with van der Waals surface area (Å²) >= 11 is 15.4. The average Bonchev–Trinajstić information content (AvgIpc) is 3.51. The van der Waals surface area contributed by atoms with E-state index in [-0.39, 0.29) is 5.69 Å². The van der Waals surface area contributed by atoms with Gasteiger partial charge in [0.1, 0.15) is 5.65 Å². The number of pyridine rings is 1. The van der Waals surface area contributed by atoms with Crippen LogP contribution in [0.3, 0.4) is 0 Å². The molecule has 0 unspecified atom stereocenters. The number of hydrogen-bond donors (Lipinski definition) is 1. The topological polar surface area (TPSA) is 85.3 Å². The van der Waals surface area contributed by atoms with E-state index in [0.717, 1.165) is 21.0 Å². The van der Waals surface area contributed by atoms with Crippen molar-refractivity contribution in [3.05, 3.63) is 70.4 Å². The Labute approximate surface area is 219 Å². The molecule has 7 nitrogen and oxygen atoms in total. The van der Waals surface area contributed by atoms with Crippen LogP contribution in [0.5, 0.6) is 0 Å². The standard InChI is InChI=1S/C24H19Cl2N5O2S2/c1-12(2)34-23-20(14-4-6-16(25)17(26)10-14)28-24(35-23)31-21(22(32)33)19(13(3)29-31)15-5-7-18-27-8-9-30(18)11-15/h4-12H,1-3H3,(H,32,33). The molecule has 11 heteroatoms. The van der Waals surface area contributed by atoms with Crippen LogP contribution in [-0.2, 0) is 0 Å². The first kappa shape index (κ1) is 23.9. The van der Waals surface area contributed by atoms with Gasteiger partial charge in [-0.1, -0.05) is 54.5 Å². The number of aromatic carboxylic acids is 1. The second kappa shape index (κ2) is 9.31. The zero-order chi connectivity index (χ0) is 24.9. The van der Waals surface area contributed by atoms with E-state index in [1.807, 2.05) is 35.0 Å². The minimum Gasteiger partial charge on any atom is -0.476 e. The quantitative estimate of drug-likeness (QED) is 0.229. The van der Waals surface area contributed by atoms with Crippen LogP contribution >= 0.6 is 46.3 Å². The van der Waals surface area contributed by atoms with E-state index in [2.05, 4.69) is 23.9 Å². The van der Waals surface area contributed by atoms with Gasteiger partial charge < -0.3 is 9.51 Å². The van der Waals surface area contributed by atoms with Crippen molar-refractivity contribution >= 4 is 57.9 Å². The molecular formula is C24H19Cl2N5O2S2. The van der Waals surface area contributed by atoms with E-state index in [0.29, 0.717) is 37.4 Å². The molecule has 35 heavy (non-hydrogen) atoms. The van der Waals surface area contributed by atoms with Crippen molar-refractivity contribution < 1.29 is 9.90 Å². The predicted molar refractivity (Wildman–Crippen MR) is 142 cm³/mol. The normalized spacial score (nSPS) is 11.6. The van der Waals surface area contributed by atoms with E-state index in [9.17, 15) is 9.90 Å². The fraction of sp³-hybridized carbons (Fsp3) is 0.167. The number of benzene rings is 1.